The molecule has 0 atom stereocenters. The molecule has 0 saturated heterocycles. The van der Waals surface area contributed by atoms with Crippen LogP contribution in [0.25, 0.3) is 0 Å². The van der Waals surface area contributed by atoms with E-state index in [0.717, 1.165) is 0 Å². The first-order valence-corrected chi connectivity index (χ1v) is 4.00. The van der Waals surface area contributed by atoms with Crippen molar-refractivity contribution in [3.63, 3.8) is 0 Å². The monoisotopic (exact) mass is 196 g/mol. The van der Waals surface area contributed by atoms with Crippen molar-refractivity contribution < 1.29 is 15.0 Å². The van der Waals surface area contributed by atoms with E-state index in [2.05, 4.69) is 5.32 Å². The number of hydrogen-bond acceptors (Lipinski definition) is 3. The topological polar surface area (TPSA) is 72.8 Å². The van der Waals surface area contributed by atoms with E-state index in [1.165, 1.54) is 23.1 Å². The minimum absolute atomic E-state index is 0.0981. The van der Waals surface area contributed by atoms with Gasteiger partial charge in [-0.3, -0.25) is 0 Å². The number of aromatic hydroxyl groups is 2. The van der Waals surface area contributed by atoms with Crippen LogP contribution in [0.1, 0.15) is 0 Å². The molecule has 1 rings (SSSR count). The Hall–Kier alpha value is -1.91. The number of nitrogens with zero attached hydrogens (tertiary/aromatic N) is 1. The molecule has 1 aromatic carbocycles. The summed E-state index contributed by atoms with van der Waals surface area (Å²) in [5.74, 6) is -0.196. The van der Waals surface area contributed by atoms with Gasteiger partial charge >= 0.3 is 6.03 Å². The fourth-order valence-electron chi connectivity index (χ4n) is 0.903. The average Bonchev–Trinajstić information content (AvgIpc) is 2.01. The zero-order chi connectivity index (χ0) is 10.7. The van der Waals surface area contributed by atoms with Crippen molar-refractivity contribution in [2.45, 2.75) is 0 Å². The number of anilines is 1. The lowest BCUT2D eigenvalue weighted by molar-refractivity contribution is 0.230. The summed E-state index contributed by atoms with van der Waals surface area (Å²) in [5, 5.41) is 20.7. The van der Waals surface area contributed by atoms with E-state index in [-0.39, 0.29) is 17.5 Å². The van der Waals surface area contributed by atoms with Crippen molar-refractivity contribution in [3.05, 3.63) is 18.2 Å². The largest absolute Gasteiger partial charge is 0.508 e. The number of rotatable bonds is 1. The summed E-state index contributed by atoms with van der Waals surface area (Å²) in [6, 6.07) is 3.56. The van der Waals surface area contributed by atoms with Crippen LogP contribution in [0.4, 0.5) is 10.5 Å². The van der Waals surface area contributed by atoms with E-state index in [9.17, 15) is 4.79 Å². The highest BCUT2D eigenvalue weighted by atomic mass is 16.3. The van der Waals surface area contributed by atoms with Crippen molar-refractivity contribution in [2.24, 2.45) is 0 Å². The SMILES string of the molecule is CN(C)C(=O)Nc1cc(O)cc(O)c1. The summed E-state index contributed by atoms with van der Waals surface area (Å²) < 4.78 is 0. The Bertz CT molecular complexity index is 330. The molecule has 0 fully saturated rings. The molecular formula is C9H12N2O3. The number of phenolic OH excluding ortho intramolecular Hbond substituents is 2. The zero-order valence-corrected chi connectivity index (χ0v) is 7.98. The lowest BCUT2D eigenvalue weighted by Crippen LogP contribution is -2.27. The van der Waals surface area contributed by atoms with Crippen LogP contribution in [0, 0.1) is 0 Å². The van der Waals surface area contributed by atoms with Crippen LogP contribution in [0.3, 0.4) is 0 Å². The van der Waals surface area contributed by atoms with Crippen molar-refractivity contribution in [3.8, 4) is 11.5 Å². The van der Waals surface area contributed by atoms with Gasteiger partial charge in [0.15, 0.2) is 0 Å². The van der Waals surface area contributed by atoms with Crippen LogP contribution < -0.4 is 5.32 Å². The normalized spacial score (nSPS) is 9.57. The third kappa shape index (κ3) is 2.55. The molecule has 3 N–H and O–H groups in total. The molecule has 5 nitrogen and oxygen atoms in total. The van der Waals surface area contributed by atoms with Gasteiger partial charge in [0.05, 0.1) is 0 Å². The van der Waals surface area contributed by atoms with E-state index in [4.69, 9.17) is 10.2 Å². The van der Waals surface area contributed by atoms with Gasteiger partial charge < -0.3 is 20.4 Å². The quantitative estimate of drug-likeness (QED) is 0.631. The van der Waals surface area contributed by atoms with Gasteiger partial charge in [-0.15, -0.1) is 0 Å². The number of urea groups is 1. The zero-order valence-electron chi connectivity index (χ0n) is 7.98. The number of carbonyl (C=O) groups excluding carboxylic acids is 1. The predicted molar refractivity (Wildman–Crippen MR) is 52.5 cm³/mol. The van der Waals surface area contributed by atoms with Gasteiger partial charge in [-0.1, -0.05) is 0 Å². The Morgan fingerprint density at radius 2 is 1.71 bits per heavy atom. The summed E-state index contributed by atoms with van der Waals surface area (Å²) in [5.41, 5.74) is 0.348. The van der Waals surface area contributed by atoms with Gasteiger partial charge in [0.1, 0.15) is 11.5 Å². The second-order valence-corrected chi connectivity index (χ2v) is 3.06. The maximum atomic E-state index is 11.2. The van der Waals surface area contributed by atoms with Gasteiger partial charge in [-0.25, -0.2) is 4.79 Å². The van der Waals surface area contributed by atoms with Crippen LogP contribution in [0.2, 0.25) is 0 Å². The molecule has 0 heterocycles. The van der Waals surface area contributed by atoms with Crippen LogP contribution in [0.5, 0.6) is 11.5 Å². The molecular weight excluding hydrogens is 184 g/mol. The van der Waals surface area contributed by atoms with Crippen LogP contribution >= 0.6 is 0 Å². The maximum Gasteiger partial charge on any atom is 0.321 e. The molecule has 0 saturated carbocycles. The molecule has 2 amide bonds. The molecule has 5 heteroatoms. The Kier molecular flexibility index (Phi) is 2.81. The highest BCUT2D eigenvalue weighted by Crippen LogP contribution is 2.23. The van der Waals surface area contributed by atoms with Gasteiger partial charge in [0, 0.05) is 38.0 Å². The Morgan fingerprint density at radius 1 is 1.21 bits per heavy atom. The molecule has 14 heavy (non-hydrogen) atoms. The number of hydrogen-bond donors (Lipinski definition) is 3. The van der Waals surface area contributed by atoms with E-state index in [1.807, 2.05) is 0 Å². The van der Waals surface area contributed by atoms with Gasteiger partial charge in [0.25, 0.3) is 0 Å². The summed E-state index contributed by atoms with van der Waals surface area (Å²) in [6.07, 6.45) is 0. The fourth-order valence-corrected chi connectivity index (χ4v) is 0.903. The molecule has 0 aliphatic rings. The second kappa shape index (κ2) is 3.87. The Morgan fingerprint density at radius 3 is 2.14 bits per heavy atom. The molecule has 0 radical (unpaired) electrons. The lowest BCUT2D eigenvalue weighted by Gasteiger charge is -2.12. The minimum Gasteiger partial charge on any atom is -0.508 e. The molecule has 0 aliphatic carbocycles. The number of phenols is 2. The van der Waals surface area contributed by atoms with Crippen LogP contribution in [0.15, 0.2) is 18.2 Å². The minimum atomic E-state index is -0.324. The van der Waals surface area contributed by atoms with Crippen molar-refractivity contribution in [1.29, 1.82) is 0 Å². The second-order valence-electron chi connectivity index (χ2n) is 3.06. The molecule has 0 unspecified atom stereocenters. The van der Waals surface area contributed by atoms with Crippen molar-refractivity contribution >= 4 is 11.7 Å². The van der Waals surface area contributed by atoms with Crippen LogP contribution in [-0.4, -0.2) is 35.2 Å². The van der Waals surface area contributed by atoms with Crippen molar-refractivity contribution in [2.75, 3.05) is 19.4 Å². The smallest absolute Gasteiger partial charge is 0.321 e. The Labute approximate surface area is 81.6 Å². The van der Waals surface area contributed by atoms with Crippen LogP contribution in [-0.2, 0) is 0 Å². The third-order valence-corrected chi connectivity index (χ3v) is 1.56. The maximum absolute atomic E-state index is 11.2. The van der Waals surface area contributed by atoms with Crippen molar-refractivity contribution in [1.82, 2.24) is 4.90 Å². The first-order valence-electron chi connectivity index (χ1n) is 4.00. The lowest BCUT2D eigenvalue weighted by atomic mass is 10.3. The average molecular weight is 196 g/mol. The highest BCUT2D eigenvalue weighted by molar-refractivity contribution is 5.89. The third-order valence-electron chi connectivity index (χ3n) is 1.56. The van der Waals surface area contributed by atoms with E-state index in [0.29, 0.717) is 5.69 Å². The summed E-state index contributed by atoms with van der Waals surface area (Å²) in [6.45, 7) is 0. The predicted octanol–water partition coefficient (Wildman–Crippen LogP) is 1.19. The molecule has 0 spiro atoms. The molecule has 0 aliphatic heterocycles. The van der Waals surface area contributed by atoms with Gasteiger partial charge in [-0.2, -0.15) is 0 Å². The fraction of sp³-hybridized carbons (Fsp3) is 0.222. The number of carbonyl (C=O) groups is 1. The number of nitrogens with one attached hydrogen (secondary N) is 1. The van der Waals surface area contributed by atoms with Gasteiger partial charge in [-0.05, 0) is 0 Å². The summed E-state index contributed by atoms with van der Waals surface area (Å²) >= 11 is 0. The van der Waals surface area contributed by atoms with E-state index in [1.54, 1.807) is 14.1 Å². The van der Waals surface area contributed by atoms with E-state index < -0.39 is 0 Å². The summed E-state index contributed by atoms with van der Waals surface area (Å²) in [7, 11) is 3.19. The number of benzene rings is 1. The first-order chi connectivity index (χ1) is 6.49. The Balaban J connectivity index is 2.82. The molecule has 76 valence electrons. The highest BCUT2D eigenvalue weighted by Gasteiger charge is 2.05. The first kappa shape index (κ1) is 10.2. The van der Waals surface area contributed by atoms with E-state index >= 15 is 0 Å². The number of amides is 2. The molecule has 0 bridgehead atoms. The van der Waals surface area contributed by atoms with Gasteiger partial charge in [0.2, 0.25) is 0 Å². The molecule has 1 aromatic rings. The molecule has 0 aromatic heterocycles. The standard InChI is InChI=1S/C9H12N2O3/c1-11(2)9(14)10-6-3-7(12)5-8(13)4-6/h3-5,12-13H,1-2H3,(H,10,14). The summed E-state index contributed by atoms with van der Waals surface area (Å²) in [4.78, 5) is 12.5.